The first kappa shape index (κ1) is 16.8. The molecule has 2 aliphatic heterocycles. The molecule has 0 aliphatic carbocycles. The molecule has 7 nitrogen and oxygen atoms in total. The van der Waals surface area contributed by atoms with Gasteiger partial charge in [0.05, 0.1) is 12.0 Å². The number of ether oxygens (including phenoxy) is 2. The fraction of sp³-hybridized carbons (Fsp3) is 0.562. The summed E-state index contributed by atoms with van der Waals surface area (Å²) in [5.41, 5.74) is 0.987. The zero-order chi connectivity index (χ0) is 17.3. The van der Waals surface area contributed by atoms with Crippen molar-refractivity contribution in [2.45, 2.75) is 31.8 Å². The average Bonchev–Trinajstić information content (AvgIpc) is 3.19. The first-order chi connectivity index (χ1) is 11.5. The van der Waals surface area contributed by atoms with E-state index < -0.39 is 18.1 Å². The Hall–Kier alpha value is -2.09. The Morgan fingerprint density at radius 3 is 2.62 bits per heavy atom. The van der Waals surface area contributed by atoms with E-state index in [1.54, 1.807) is 0 Å². The maximum atomic E-state index is 12.5. The Bertz CT molecular complexity index is 651. The van der Waals surface area contributed by atoms with Crippen LogP contribution in [0.4, 0.5) is 4.79 Å². The second kappa shape index (κ2) is 6.80. The summed E-state index contributed by atoms with van der Waals surface area (Å²) in [5, 5.41) is 1.91. The number of nitrogens with zero attached hydrogens (tertiary/aromatic N) is 2. The molecule has 3 heterocycles. The van der Waals surface area contributed by atoms with Gasteiger partial charge in [0.15, 0.2) is 6.04 Å². The minimum absolute atomic E-state index is 0.0268. The fourth-order valence-corrected chi connectivity index (χ4v) is 4.13. The molecule has 0 bridgehead atoms. The summed E-state index contributed by atoms with van der Waals surface area (Å²) in [6, 6.07) is 1.14. The molecule has 0 aromatic carbocycles. The van der Waals surface area contributed by atoms with Crippen LogP contribution in [0.2, 0.25) is 0 Å². The van der Waals surface area contributed by atoms with E-state index >= 15 is 0 Å². The summed E-state index contributed by atoms with van der Waals surface area (Å²) in [6.45, 7) is 3.06. The Balaban J connectivity index is 1.64. The van der Waals surface area contributed by atoms with Crippen LogP contribution >= 0.6 is 11.3 Å². The van der Waals surface area contributed by atoms with E-state index in [9.17, 15) is 14.4 Å². The molecule has 3 rings (SSSR count). The molecule has 2 saturated heterocycles. The predicted molar refractivity (Wildman–Crippen MR) is 87.0 cm³/mol. The predicted octanol–water partition coefficient (Wildman–Crippen LogP) is 1.65. The van der Waals surface area contributed by atoms with Crippen molar-refractivity contribution >= 4 is 29.3 Å². The van der Waals surface area contributed by atoms with Gasteiger partial charge in [-0.05, 0) is 36.8 Å². The summed E-state index contributed by atoms with van der Waals surface area (Å²) >= 11 is 1.45. The standard InChI is InChI=1S/C16H20N2O5S/c1-10-5-8-24-13(10)14(19)17-6-3-11(4-7-17)18-12(15(20)22-2)9-23-16(18)21/h5,8,11-12H,3-4,6-7,9H2,1-2H3/t12-/m0/s1. The quantitative estimate of drug-likeness (QED) is 0.773. The van der Waals surface area contributed by atoms with Gasteiger partial charge in [0, 0.05) is 19.1 Å². The normalized spacial score (nSPS) is 21.8. The summed E-state index contributed by atoms with van der Waals surface area (Å²) in [5.74, 6) is -0.428. The number of piperidine rings is 1. The average molecular weight is 352 g/mol. The molecule has 1 aromatic rings. The lowest BCUT2D eigenvalue weighted by Gasteiger charge is -2.37. The van der Waals surface area contributed by atoms with E-state index in [0.717, 1.165) is 10.4 Å². The number of hydrogen-bond acceptors (Lipinski definition) is 6. The van der Waals surface area contributed by atoms with Crippen LogP contribution in [0, 0.1) is 6.92 Å². The third-order valence-electron chi connectivity index (χ3n) is 4.59. The molecule has 2 aliphatic rings. The number of rotatable bonds is 3. The lowest BCUT2D eigenvalue weighted by atomic mass is 10.0. The number of carbonyl (C=O) groups is 3. The van der Waals surface area contributed by atoms with Crippen LogP contribution in [-0.2, 0) is 14.3 Å². The van der Waals surface area contributed by atoms with Gasteiger partial charge in [-0.2, -0.15) is 0 Å². The topological polar surface area (TPSA) is 76.2 Å². The van der Waals surface area contributed by atoms with Crippen molar-refractivity contribution in [2.75, 3.05) is 26.8 Å². The van der Waals surface area contributed by atoms with Gasteiger partial charge in [-0.15, -0.1) is 11.3 Å². The van der Waals surface area contributed by atoms with Crippen LogP contribution in [0.1, 0.15) is 28.1 Å². The van der Waals surface area contributed by atoms with Crippen LogP contribution in [0.5, 0.6) is 0 Å². The van der Waals surface area contributed by atoms with Crippen molar-refractivity contribution in [2.24, 2.45) is 0 Å². The number of carbonyl (C=O) groups excluding carboxylic acids is 3. The monoisotopic (exact) mass is 352 g/mol. The van der Waals surface area contributed by atoms with Gasteiger partial charge >= 0.3 is 12.1 Å². The highest BCUT2D eigenvalue weighted by Crippen LogP contribution is 2.26. The second-order valence-corrected chi connectivity index (χ2v) is 6.90. The minimum Gasteiger partial charge on any atom is -0.467 e. The number of methoxy groups -OCH3 is 1. The largest absolute Gasteiger partial charge is 0.467 e. The van der Waals surface area contributed by atoms with Crippen molar-refractivity contribution < 1.29 is 23.9 Å². The number of esters is 1. The number of amides is 2. The molecule has 0 radical (unpaired) electrons. The molecule has 24 heavy (non-hydrogen) atoms. The van der Waals surface area contributed by atoms with Crippen LogP contribution < -0.4 is 0 Å². The zero-order valence-electron chi connectivity index (χ0n) is 13.7. The minimum atomic E-state index is -0.686. The van der Waals surface area contributed by atoms with Gasteiger partial charge < -0.3 is 14.4 Å². The highest BCUT2D eigenvalue weighted by molar-refractivity contribution is 7.12. The Kier molecular flexibility index (Phi) is 4.75. The lowest BCUT2D eigenvalue weighted by Crippen LogP contribution is -2.51. The smallest absolute Gasteiger partial charge is 0.410 e. The summed E-state index contributed by atoms with van der Waals surface area (Å²) in [7, 11) is 1.30. The van der Waals surface area contributed by atoms with Crippen molar-refractivity contribution in [1.29, 1.82) is 0 Å². The highest BCUT2D eigenvalue weighted by Gasteiger charge is 2.44. The van der Waals surface area contributed by atoms with E-state index in [-0.39, 0.29) is 18.6 Å². The van der Waals surface area contributed by atoms with Crippen LogP contribution in [0.25, 0.3) is 0 Å². The van der Waals surface area contributed by atoms with Crippen LogP contribution in [-0.4, -0.2) is 66.7 Å². The third-order valence-corrected chi connectivity index (χ3v) is 5.59. The molecule has 1 aromatic heterocycles. The molecule has 1 atom stereocenters. The molecule has 2 amide bonds. The van der Waals surface area contributed by atoms with Crippen molar-refractivity contribution in [3.8, 4) is 0 Å². The fourth-order valence-electron chi connectivity index (χ4n) is 3.24. The number of thiophene rings is 1. The summed E-state index contributed by atoms with van der Waals surface area (Å²) in [6.07, 6.45) is 0.765. The second-order valence-electron chi connectivity index (χ2n) is 5.98. The number of hydrogen-bond donors (Lipinski definition) is 0. The summed E-state index contributed by atoms with van der Waals surface area (Å²) < 4.78 is 9.76. The first-order valence-electron chi connectivity index (χ1n) is 7.89. The SMILES string of the molecule is COC(=O)[C@@H]1COC(=O)N1C1CCN(C(=O)c2sccc2C)CC1. The van der Waals surface area contributed by atoms with E-state index in [4.69, 9.17) is 9.47 Å². The van der Waals surface area contributed by atoms with Crippen molar-refractivity contribution in [3.63, 3.8) is 0 Å². The van der Waals surface area contributed by atoms with E-state index in [1.807, 2.05) is 23.3 Å². The lowest BCUT2D eigenvalue weighted by molar-refractivity contribution is -0.145. The van der Waals surface area contributed by atoms with E-state index in [1.165, 1.54) is 23.3 Å². The molecule has 0 saturated carbocycles. The molecular weight excluding hydrogens is 332 g/mol. The van der Waals surface area contributed by atoms with Crippen LogP contribution in [0.3, 0.4) is 0 Å². The molecule has 2 fully saturated rings. The molecule has 0 N–H and O–H groups in total. The van der Waals surface area contributed by atoms with Gasteiger partial charge in [0.2, 0.25) is 0 Å². The van der Waals surface area contributed by atoms with E-state index in [0.29, 0.717) is 25.9 Å². The molecule has 0 spiro atoms. The maximum Gasteiger partial charge on any atom is 0.410 e. The van der Waals surface area contributed by atoms with Crippen molar-refractivity contribution in [1.82, 2.24) is 9.80 Å². The number of cyclic esters (lactones) is 1. The van der Waals surface area contributed by atoms with Crippen LogP contribution in [0.15, 0.2) is 11.4 Å². The number of aryl methyl sites for hydroxylation is 1. The van der Waals surface area contributed by atoms with Gasteiger partial charge in [-0.25, -0.2) is 9.59 Å². The first-order valence-corrected chi connectivity index (χ1v) is 8.77. The maximum absolute atomic E-state index is 12.5. The highest BCUT2D eigenvalue weighted by atomic mass is 32.1. The van der Waals surface area contributed by atoms with E-state index in [2.05, 4.69) is 0 Å². The number of likely N-dealkylation sites (tertiary alicyclic amines) is 1. The van der Waals surface area contributed by atoms with Crippen molar-refractivity contribution in [3.05, 3.63) is 21.9 Å². The van der Waals surface area contributed by atoms with Gasteiger partial charge in [0.25, 0.3) is 5.91 Å². The molecule has 0 unspecified atom stereocenters. The molecule has 130 valence electrons. The third kappa shape index (κ3) is 2.98. The van der Waals surface area contributed by atoms with Gasteiger partial charge in [-0.3, -0.25) is 9.69 Å². The Labute approximate surface area is 144 Å². The van der Waals surface area contributed by atoms with Gasteiger partial charge in [-0.1, -0.05) is 0 Å². The zero-order valence-corrected chi connectivity index (χ0v) is 14.5. The Morgan fingerprint density at radius 2 is 2.04 bits per heavy atom. The molecular formula is C16H20N2O5S. The Morgan fingerprint density at radius 1 is 1.33 bits per heavy atom. The molecule has 8 heteroatoms. The summed E-state index contributed by atoms with van der Waals surface area (Å²) in [4.78, 5) is 40.4. The van der Waals surface area contributed by atoms with Gasteiger partial charge in [0.1, 0.15) is 6.61 Å².